The Morgan fingerprint density at radius 1 is 1.03 bits per heavy atom. The van der Waals surface area contributed by atoms with Gasteiger partial charge >= 0.3 is 0 Å². The first-order chi connectivity index (χ1) is 15.2. The lowest BCUT2D eigenvalue weighted by Gasteiger charge is -2.12. The molecule has 0 amide bonds. The van der Waals surface area contributed by atoms with Crippen molar-refractivity contribution in [2.75, 3.05) is 17.3 Å². The number of sulfonamides is 1. The highest BCUT2D eigenvalue weighted by atomic mass is 32.2. The van der Waals surface area contributed by atoms with Crippen LogP contribution < -0.4 is 14.9 Å². The van der Waals surface area contributed by atoms with E-state index in [2.05, 4.69) is 15.2 Å². The molecule has 0 atom stereocenters. The summed E-state index contributed by atoms with van der Waals surface area (Å²) in [7, 11) is -2.76. The van der Waals surface area contributed by atoms with E-state index >= 15 is 0 Å². The van der Waals surface area contributed by atoms with Crippen molar-refractivity contribution in [1.82, 2.24) is 0 Å². The Morgan fingerprint density at radius 3 is 2.47 bits per heavy atom. The fourth-order valence-corrected chi connectivity index (χ4v) is 3.74. The number of phenols is 2. The number of anilines is 2. The Bertz CT molecular complexity index is 1290. The van der Waals surface area contributed by atoms with Gasteiger partial charge in [-0.15, -0.1) is 0 Å². The molecule has 0 saturated carbocycles. The number of ether oxygens (including phenoxy) is 1. The third-order valence-electron chi connectivity index (χ3n) is 4.23. The number of phenolic OH excluding ortho intramolecular Hbond substituents is 2. The van der Waals surface area contributed by atoms with Crippen LogP contribution in [-0.2, 0) is 10.0 Å². The summed E-state index contributed by atoms with van der Waals surface area (Å²) in [5.74, 6) is -0.361. The number of nitrogens with zero attached hydrogens (tertiary/aromatic N) is 2. The maximum Gasteiger partial charge on any atom is 0.295 e. The van der Waals surface area contributed by atoms with Gasteiger partial charge in [0.1, 0.15) is 11.4 Å². The summed E-state index contributed by atoms with van der Waals surface area (Å²) in [5.41, 5.74) is 2.50. The summed E-state index contributed by atoms with van der Waals surface area (Å²) in [6.45, 7) is 0. The lowest BCUT2D eigenvalue weighted by Crippen LogP contribution is -2.14. The molecule has 0 aliphatic heterocycles. The molecule has 12 heteroatoms. The quantitative estimate of drug-likeness (QED) is 0.173. The molecule has 0 heterocycles. The number of methoxy groups -OCH3 is 1. The highest BCUT2D eigenvalue weighted by molar-refractivity contribution is 7.92. The molecule has 0 radical (unpaired) electrons. The molecule has 3 aromatic rings. The van der Waals surface area contributed by atoms with Gasteiger partial charge in [-0.2, -0.15) is 5.10 Å². The number of rotatable bonds is 8. The molecule has 0 aliphatic rings. The average Bonchev–Trinajstić information content (AvgIpc) is 2.76. The van der Waals surface area contributed by atoms with E-state index < -0.39 is 20.6 Å². The summed E-state index contributed by atoms with van der Waals surface area (Å²) >= 11 is 0. The smallest absolute Gasteiger partial charge is 0.295 e. The van der Waals surface area contributed by atoms with Crippen molar-refractivity contribution in [2.24, 2.45) is 5.10 Å². The maximum absolute atomic E-state index is 12.7. The number of hydrogen-bond donors (Lipinski definition) is 4. The standard InChI is InChI=1S/C20H18N4O7S/c1-31-20-5-3-2-4-16(20)23-32(29,30)14-7-8-15(17(11-14)24(27)28)22-21-12-13-6-9-18(25)19(26)10-13/h2-12,22-23,25-26H,1H3. The van der Waals surface area contributed by atoms with Crippen LogP contribution in [0.25, 0.3) is 0 Å². The number of nitro benzene ring substituents is 1. The van der Waals surface area contributed by atoms with E-state index in [1.807, 2.05) is 0 Å². The molecule has 11 nitrogen and oxygen atoms in total. The lowest BCUT2D eigenvalue weighted by molar-refractivity contribution is -0.384. The molecule has 0 spiro atoms. The van der Waals surface area contributed by atoms with Gasteiger partial charge in [0.15, 0.2) is 11.5 Å². The second-order valence-electron chi connectivity index (χ2n) is 6.36. The third kappa shape index (κ3) is 5.05. The van der Waals surface area contributed by atoms with Crippen molar-refractivity contribution in [3.63, 3.8) is 0 Å². The number of aromatic hydroxyl groups is 2. The zero-order valence-corrected chi connectivity index (χ0v) is 17.4. The molecule has 4 N–H and O–H groups in total. The van der Waals surface area contributed by atoms with Crippen LogP contribution in [0, 0.1) is 10.1 Å². The van der Waals surface area contributed by atoms with Crippen LogP contribution in [0.5, 0.6) is 17.2 Å². The zero-order valence-electron chi connectivity index (χ0n) is 16.6. The lowest BCUT2D eigenvalue weighted by atomic mass is 10.2. The van der Waals surface area contributed by atoms with Crippen molar-refractivity contribution in [1.29, 1.82) is 0 Å². The van der Waals surface area contributed by atoms with Gasteiger partial charge in [0.25, 0.3) is 15.7 Å². The monoisotopic (exact) mass is 458 g/mol. The predicted molar refractivity (Wildman–Crippen MR) is 118 cm³/mol. The van der Waals surface area contributed by atoms with Gasteiger partial charge in [-0.1, -0.05) is 12.1 Å². The first kappa shape index (κ1) is 22.4. The Kier molecular flexibility index (Phi) is 6.45. The summed E-state index contributed by atoms with van der Waals surface area (Å²) < 4.78 is 32.9. The molecular weight excluding hydrogens is 440 g/mol. The van der Waals surface area contributed by atoms with Gasteiger partial charge in [0, 0.05) is 6.07 Å². The minimum absolute atomic E-state index is 0.0505. The van der Waals surface area contributed by atoms with Gasteiger partial charge < -0.3 is 14.9 Å². The van der Waals surface area contributed by atoms with Crippen LogP contribution in [0.1, 0.15) is 5.56 Å². The molecule has 32 heavy (non-hydrogen) atoms. The highest BCUT2D eigenvalue weighted by Crippen LogP contribution is 2.31. The Balaban J connectivity index is 1.86. The Labute approximate surface area is 182 Å². The molecule has 0 fully saturated rings. The fourth-order valence-electron chi connectivity index (χ4n) is 2.65. The van der Waals surface area contributed by atoms with Crippen LogP contribution in [0.4, 0.5) is 17.1 Å². The molecule has 0 aromatic heterocycles. The Hall–Kier alpha value is -4.32. The van der Waals surface area contributed by atoms with E-state index in [1.54, 1.807) is 18.2 Å². The molecule has 166 valence electrons. The first-order valence-electron chi connectivity index (χ1n) is 8.96. The summed E-state index contributed by atoms with van der Waals surface area (Å²) in [6.07, 6.45) is 1.26. The topological polar surface area (TPSA) is 163 Å². The number of benzene rings is 3. The van der Waals surface area contributed by atoms with E-state index in [9.17, 15) is 28.7 Å². The predicted octanol–water partition coefficient (Wildman–Crippen LogP) is 3.26. The first-order valence-corrected chi connectivity index (χ1v) is 10.4. The van der Waals surface area contributed by atoms with Gasteiger partial charge in [-0.3, -0.25) is 20.3 Å². The molecule has 0 bridgehead atoms. The van der Waals surface area contributed by atoms with Crippen LogP contribution in [-0.4, -0.2) is 36.9 Å². The van der Waals surface area contributed by atoms with Crippen LogP contribution in [0.2, 0.25) is 0 Å². The van der Waals surface area contributed by atoms with Crippen LogP contribution in [0.15, 0.2) is 70.7 Å². The maximum atomic E-state index is 12.7. The molecule has 3 rings (SSSR count). The molecular formula is C20H18N4O7S. The van der Waals surface area contributed by atoms with Gasteiger partial charge in [-0.25, -0.2) is 8.42 Å². The van der Waals surface area contributed by atoms with Crippen molar-refractivity contribution < 1.29 is 28.3 Å². The summed E-state index contributed by atoms with van der Waals surface area (Å²) in [5, 5.41) is 34.1. The van der Waals surface area contributed by atoms with Gasteiger partial charge in [0.2, 0.25) is 0 Å². The fraction of sp³-hybridized carbons (Fsp3) is 0.0500. The van der Waals surface area contributed by atoms with Crippen LogP contribution in [0.3, 0.4) is 0 Å². The Morgan fingerprint density at radius 2 is 1.78 bits per heavy atom. The van der Waals surface area contributed by atoms with E-state index in [1.165, 1.54) is 49.7 Å². The van der Waals surface area contributed by atoms with Crippen molar-refractivity contribution in [3.05, 3.63) is 76.3 Å². The van der Waals surface area contributed by atoms with Gasteiger partial charge in [0.05, 0.1) is 28.8 Å². The number of hydrazone groups is 1. The second-order valence-corrected chi connectivity index (χ2v) is 8.04. The average molecular weight is 458 g/mol. The van der Waals surface area contributed by atoms with E-state index in [0.29, 0.717) is 11.3 Å². The number of nitro groups is 1. The second kappa shape index (κ2) is 9.22. The van der Waals surface area contributed by atoms with Crippen molar-refractivity contribution in [2.45, 2.75) is 4.90 Å². The van der Waals surface area contributed by atoms with E-state index in [4.69, 9.17) is 4.74 Å². The highest BCUT2D eigenvalue weighted by Gasteiger charge is 2.22. The summed E-state index contributed by atoms with van der Waals surface area (Å²) in [6, 6.07) is 13.6. The molecule has 0 saturated heterocycles. The number of nitrogens with one attached hydrogen (secondary N) is 2. The normalized spacial score (nSPS) is 11.3. The van der Waals surface area contributed by atoms with Crippen LogP contribution >= 0.6 is 0 Å². The largest absolute Gasteiger partial charge is 0.504 e. The number of hydrogen-bond acceptors (Lipinski definition) is 9. The third-order valence-corrected chi connectivity index (χ3v) is 5.59. The van der Waals surface area contributed by atoms with Gasteiger partial charge in [-0.05, 0) is 48.0 Å². The van der Waals surface area contributed by atoms with Crippen molar-refractivity contribution in [3.8, 4) is 17.2 Å². The zero-order chi connectivity index (χ0) is 23.3. The minimum Gasteiger partial charge on any atom is -0.504 e. The van der Waals surface area contributed by atoms with Crippen molar-refractivity contribution >= 4 is 33.3 Å². The summed E-state index contributed by atoms with van der Waals surface area (Å²) in [4.78, 5) is 10.4. The molecule has 0 unspecified atom stereocenters. The van der Waals surface area contributed by atoms with E-state index in [-0.39, 0.29) is 27.8 Å². The minimum atomic E-state index is -4.14. The van der Waals surface area contributed by atoms with E-state index in [0.717, 1.165) is 6.07 Å². The molecule has 3 aromatic carbocycles. The SMILES string of the molecule is COc1ccccc1NS(=O)(=O)c1ccc(NN=Cc2ccc(O)c(O)c2)c([N+](=O)[O-])c1. The molecule has 0 aliphatic carbocycles. The number of para-hydroxylation sites is 2.